The van der Waals surface area contributed by atoms with Gasteiger partial charge in [-0.3, -0.25) is 9.69 Å². The smallest absolute Gasteiger partial charge is 0.231 e. The number of methoxy groups -OCH3 is 2. The zero-order valence-corrected chi connectivity index (χ0v) is 22.4. The summed E-state index contributed by atoms with van der Waals surface area (Å²) in [6.45, 7) is 2.26. The number of nitrogens with zero attached hydrogens (tertiary/aromatic N) is 5. The van der Waals surface area contributed by atoms with E-state index in [0.717, 1.165) is 35.2 Å². The normalized spacial score (nSPS) is 13.0. The first-order valence-electron chi connectivity index (χ1n) is 12.7. The Balaban J connectivity index is 1.64. The maximum absolute atomic E-state index is 14.0. The lowest BCUT2D eigenvalue weighted by Crippen LogP contribution is -2.33. The van der Waals surface area contributed by atoms with Crippen molar-refractivity contribution in [1.29, 1.82) is 0 Å². The molecule has 0 atom stereocenters. The van der Waals surface area contributed by atoms with Crippen molar-refractivity contribution in [2.75, 3.05) is 31.1 Å². The number of fused-ring (bicyclic) bond motifs is 1. The van der Waals surface area contributed by atoms with Crippen LogP contribution in [0.1, 0.15) is 30.9 Å². The van der Waals surface area contributed by atoms with Crippen molar-refractivity contribution in [2.24, 2.45) is 13.0 Å². The van der Waals surface area contributed by atoms with Gasteiger partial charge in [0.1, 0.15) is 28.7 Å². The van der Waals surface area contributed by atoms with Crippen molar-refractivity contribution in [3.05, 3.63) is 65.7 Å². The second-order valence-electron chi connectivity index (χ2n) is 9.59. The third kappa shape index (κ3) is 4.76. The Kier molecular flexibility index (Phi) is 6.93. The van der Waals surface area contributed by atoms with Gasteiger partial charge in [-0.1, -0.05) is 6.92 Å². The fourth-order valence-electron chi connectivity index (χ4n) is 4.71. The number of halogens is 1. The number of aryl methyl sites for hydroxylation is 2. The summed E-state index contributed by atoms with van der Waals surface area (Å²) in [4.78, 5) is 27.0. The summed E-state index contributed by atoms with van der Waals surface area (Å²) in [5, 5.41) is 0. The predicted octanol–water partition coefficient (Wildman–Crippen LogP) is 5.40. The molecule has 4 aromatic rings. The SMILES string of the molecule is CCc1cc(F)ccc1N(C)c1cc2c(ncn2C)c(N(Cc2ccc(OC)cc2OC)C(=O)C2CC2)n1. The van der Waals surface area contributed by atoms with Gasteiger partial charge in [0.05, 0.1) is 32.6 Å². The summed E-state index contributed by atoms with van der Waals surface area (Å²) in [5.74, 6) is 2.12. The van der Waals surface area contributed by atoms with Crippen molar-refractivity contribution in [2.45, 2.75) is 32.7 Å². The molecule has 2 heterocycles. The monoisotopic (exact) mass is 517 g/mol. The Morgan fingerprint density at radius 1 is 1.11 bits per heavy atom. The van der Waals surface area contributed by atoms with Crippen LogP contribution in [0.4, 0.5) is 21.7 Å². The van der Waals surface area contributed by atoms with Crippen molar-refractivity contribution in [1.82, 2.24) is 14.5 Å². The zero-order valence-electron chi connectivity index (χ0n) is 22.4. The minimum Gasteiger partial charge on any atom is -0.497 e. The summed E-state index contributed by atoms with van der Waals surface area (Å²) in [7, 11) is 7.02. The number of benzene rings is 2. The van der Waals surface area contributed by atoms with Crippen LogP contribution in [0.2, 0.25) is 0 Å². The number of carbonyl (C=O) groups excluding carboxylic acids is 1. The largest absolute Gasteiger partial charge is 0.497 e. The average molecular weight is 518 g/mol. The van der Waals surface area contributed by atoms with Crippen LogP contribution in [0.5, 0.6) is 11.5 Å². The number of hydrogen-bond donors (Lipinski definition) is 0. The molecule has 5 rings (SSSR count). The molecule has 1 fully saturated rings. The maximum Gasteiger partial charge on any atom is 0.231 e. The van der Waals surface area contributed by atoms with Gasteiger partial charge in [-0.05, 0) is 55.2 Å². The van der Waals surface area contributed by atoms with Crippen LogP contribution >= 0.6 is 0 Å². The number of rotatable bonds is 9. The first-order chi connectivity index (χ1) is 18.3. The van der Waals surface area contributed by atoms with E-state index in [2.05, 4.69) is 4.98 Å². The molecule has 1 saturated carbocycles. The second kappa shape index (κ2) is 10.3. The molecule has 1 amide bonds. The number of ether oxygens (including phenoxy) is 2. The Morgan fingerprint density at radius 3 is 2.58 bits per heavy atom. The van der Waals surface area contributed by atoms with E-state index in [1.807, 2.05) is 54.8 Å². The number of pyridine rings is 1. The Morgan fingerprint density at radius 2 is 1.89 bits per heavy atom. The van der Waals surface area contributed by atoms with Crippen molar-refractivity contribution >= 4 is 34.3 Å². The number of aromatic nitrogens is 3. The summed E-state index contributed by atoms with van der Waals surface area (Å²) in [6, 6.07) is 12.3. The molecule has 1 aliphatic rings. The highest BCUT2D eigenvalue weighted by Crippen LogP contribution is 2.38. The van der Waals surface area contributed by atoms with E-state index in [1.165, 1.54) is 6.07 Å². The molecule has 0 unspecified atom stereocenters. The van der Waals surface area contributed by atoms with Gasteiger partial charge >= 0.3 is 0 Å². The molecule has 0 N–H and O–H groups in total. The Labute approximate surface area is 221 Å². The molecule has 0 saturated heterocycles. The van der Waals surface area contributed by atoms with Gasteiger partial charge in [0, 0.05) is 43.4 Å². The van der Waals surface area contributed by atoms with E-state index < -0.39 is 0 Å². The first kappa shape index (κ1) is 25.5. The number of amides is 1. The topological polar surface area (TPSA) is 72.7 Å². The van der Waals surface area contributed by atoms with Gasteiger partial charge in [0.2, 0.25) is 5.91 Å². The molecule has 38 heavy (non-hydrogen) atoms. The highest BCUT2D eigenvalue weighted by Gasteiger charge is 2.36. The van der Waals surface area contributed by atoms with Gasteiger partial charge in [-0.15, -0.1) is 0 Å². The van der Waals surface area contributed by atoms with Crippen LogP contribution in [-0.4, -0.2) is 41.7 Å². The van der Waals surface area contributed by atoms with Gasteiger partial charge in [-0.2, -0.15) is 0 Å². The zero-order chi connectivity index (χ0) is 27.0. The van der Waals surface area contributed by atoms with Crippen LogP contribution < -0.4 is 19.3 Å². The van der Waals surface area contributed by atoms with Gasteiger partial charge < -0.3 is 18.9 Å². The summed E-state index contributed by atoms with van der Waals surface area (Å²) in [6.07, 6.45) is 4.11. The first-order valence-corrected chi connectivity index (χ1v) is 12.7. The van der Waals surface area contributed by atoms with Crippen LogP contribution in [0.25, 0.3) is 11.0 Å². The summed E-state index contributed by atoms with van der Waals surface area (Å²) < 4.78 is 26.9. The average Bonchev–Trinajstić information content (AvgIpc) is 3.73. The predicted molar refractivity (Wildman–Crippen MR) is 146 cm³/mol. The van der Waals surface area contributed by atoms with Crippen LogP contribution in [0, 0.1) is 11.7 Å². The summed E-state index contributed by atoms with van der Waals surface area (Å²) in [5.41, 5.74) is 4.03. The van der Waals surface area contributed by atoms with Gasteiger partial charge in [-0.25, -0.2) is 14.4 Å². The minimum absolute atomic E-state index is 0.0122. The van der Waals surface area contributed by atoms with E-state index in [-0.39, 0.29) is 24.2 Å². The lowest BCUT2D eigenvalue weighted by molar-refractivity contribution is -0.119. The minimum atomic E-state index is -0.274. The highest BCUT2D eigenvalue weighted by atomic mass is 19.1. The Hall–Kier alpha value is -4.14. The molecule has 1 aliphatic carbocycles. The fourth-order valence-corrected chi connectivity index (χ4v) is 4.71. The maximum atomic E-state index is 14.0. The van der Waals surface area contributed by atoms with E-state index in [0.29, 0.717) is 35.1 Å². The molecule has 0 bridgehead atoms. The highest BCUT2D eigenvalue weighted by molar-refractivity contribution is 6.02. The molecule has 0 aliphatic heterocycles. The third-order valence-electron chi connectivity index (χ3n) is 7.08. The van der Waals surface area contributed by atoms with E-state index in [1.54, 1.807) is 37.6 Å². The van der Waals surface area contributed by atoms with Gasteiger partial charge in [0.15, 0.2) is 5.82 Å². The van der Waals surface area contributed by atoms with Gasteiger partial charge in [0.25, 0.3) is 0 Å². The van der Waals surface area contributed by atoms with E-state index >= 15 is 0 Å². The quantitative estimate of drug-likeness (QED) is 0.296. The van der Waals surface area contributed by atoms with Crippen LogP contribution in [0.3, 0.4) is 0 Å². The summed E-state index contributed by atoms with van der Waals surface area (Å²) >= 11 is 0. The molecule has 198 valence electrons. The molecule has 2 aromatic heterocycles. The molecule has 2 aromatic carbocycles. The number of hydrogen-bond acceptors (Lipinski definition) is 6. The van der Waals surface area contributed by atoms with E-state index in [4.69, 9.17) is 14.5 Å². The molecule has 8 nitrogen and oxygen atoms in total. The molecular weight excluding hydrogens is 485 g/mol. The standard InChI is InChI=1S/C29H32FN5O3/c1-6-18-13-21(30)10-12-23(18)34(3)26-15-24-27(31-17-33(24)2)28(32-26)35(29(36)19-7-8-19)16-20-9-11-22(37-4)14-25(20)38-5/h9-15,17,19H,6-8,16H2,1-5H3. The van der Waals surface area contributed by atoms with Crippen LogP contribution in [0.15, 0.2) is 48.8 Å². The lowest BCUT2D eigenvalue weighted by Gasteiger charge is -2.26. The molecule has 0 spiro atoms. The Bertz CT molecular complexity index is 1500. The van der Waals surface area contributed by atoms with E-state index in [9.17, 15) is 9.18 Å². The van der Waals surface area contributed by atoms with Crippen molar-refractivity contribution in [3.8, 4) is 11.5 Å². The number of carbonyl (C=O) groups is 1. The molecule has 9 heteroatoms. The second-order valence-corrected chi connectivity index (χ2v) is 9.59. The van der Waals surface area contributed by atoms with Crippen LogP contribution in [-0.2, 0) is 24.8 Å². The molecular formula is C29H32FN5O3. The third-order valence-corrected chi connectivity index (χ3v) is 7.08. The lowest BCUT2D eigenvalue weighted by atomic mass is 10.1. The number of imidazole rings is 1. The molecule has 0 radical (unpaired) electrons. The van der Waals surface area contributed by atoms with Crippen molar-refractivity contribution < 1.29 is 18.7 Å². The fraction of sp³-hybridized carbons (Fsp3) is 0.345. The number of anilines is 3. The van der Waals surface area contributed by atoms with Crippen molar-refractivity contribution in [3.63, 3.8) is 0 Å².